The molecule has 0 atom stereocenters. The van der Waals surface area contributed by atoms with Gasteiger partial charge in [-0.15, -0.1) is 0 Å². The molecule has 0 saturated carbocycles. The molecular formula is C13H15ClN4O2S. The maximum Gasteiger partial charge on any atom is 0.344 e. The Morgan fingerprint density at radius 1 is 1.48 bits per heavy atom. The topological polar surface area (TPSA) is 68.4 Å². The first-order valence-corrected chi connectivity index (χ1v) is 7.49. The summed E-state index contributed by atoms with van der Waals surface area (Å²) < 4.78 is 2.96. The number of nitrogens with zero attached hydrogens (tertiary/aromatic N) is 3. The number of hydrogen-bond donors (Lipinski definition) is 1. The first-order valence-electron chi connectivity index (χ1n) is 6.34. The van der Waals surface area contributed by atoms with Crippen LogP contribution in [0.25, 0.3) is 5.69 Å². The van der Waals surface area contributed by atoms with Crippen molar-refractivity contribution in [2.24, 2.45) is 4.99 Å². The van der Waals surface area contributed by atoms with Gasteiger partial charge in [0.15, 0.2) is 0 Å². The quantitative estimate of drug-likeness (QED) is 0.916. The van der Waals surface area contributed by atoms with Crippen LogP contribution in [0.4, 0.5) is 4.79 Å². The summed E-state index contributed by atoms with van der Waals surface area (Å²) in [7, 11) is 1.49. The van der Waals surface area contributed by atoms with Gasteiger partial charge in [0.25, 0.3) is 0 Å². The maximum absolute atomic E-state index is 12.4. The Morgan fingerprint density at radius 2 is 2.19 bits per heavy atom. The lowest BCUT2D eigenvalue weighted by Gasteiger charge is -2.06. The van der Waals surface area contributed by atoms with Gasteiger partial charge in [0, 0.05) is 18.6 Å². The zero-order valence-electron chi connectivity index (χ0n) is 11.9. The largest absolute Gasteiger partial charge is 0.344 e. The highest BCUT2D eigenvalue weighted by Crippen LogP contribution is 2.17. The highest BCUT2D eigenvalue weighted by atomic mass is 35.5. The molecule has 0 unspecified atom stereocenters. The van der Waals surface area contributed by atoms with E-state index in [1.807, 2.05) is 13.8 Å². The minimum absolute atomic E-state index is 0.226. The zero-order chi connectivity index (χ0) is 15.6. The van der Waals surface area contributed by atoms with Crippen molar-refractivity contribution in [2.75, 3.05) is 7.05 Å². The molecule has 1 heterocycles. The average molecular weight is 327 g/mol. The molecule has 2 amide bonds. The van der Waals surface area contributed by atoms with Gasteiger partial charge in [-0.2, -0.15) is 4.99 Å². The Morgan fingerprint density at radius 3 is 2.76 bits per heavy atom. The molecule has 0 bridgehead atoms. The molecular weight excluding hydrogens is 312 g/mol. The average Bonchev–Trinajstić information content (AvgIpc) is 2.75. The second kappa shape index (κ2) is 6.28. The van der Waals surface area contributed by atoms with Crippen LogP contribution in [0.5, 0.6) is 0 Å². The summed E-state index contributed by atoms with van der Waals surface area (Å²) in [6.07, 6.45) is 0. The van der Waals surface area contributed by atoms with Crippen LogP contribution in [-0.2, 0) is 6.54 Å². The predicted octanol–water partition coefficient (Wildman–Crippen LogP) is 1.92. The number of amides is 2. The van der Waals surface area contributed by atoms with Gasteiger partial charge in [-0.25, -0.2) is 18.1 Å². The van der Waals surface area contributed by atoms with Crippen molar-refractivity contribution in [3.8, 4) is 5.69 Å². The number of aromatic nitrogens is 2. The van der Waals surface area contributed by atoms with E-state index in [1.54, 1.807) is 18.2 Å². The van der Waals surface area contributed by atoms with Gasteiger partial charge in [-0.1, -0.05) is 11.6 Å². The molecule has 1 aromatic heterocycles. The van der Waals surface area contributed by atoms with Crippen molar-refractivity contribution < 1.29 is 4.79 Å². The SMILES string of the molecule is CCn1s/c(=N\C(=O)NC)n(-c2ccc(Cl)cc2C)c1=O. The maximum atomic E-state index is 12.4. The molecule has 0 aliphatic carbocycles. The predicted molar refractivity (Wildman–Crippen MR) is 83.3 cm³/mol. The molecule has 6 nitrogen and oxygen atoms in total. The summed E-state index contributed by atoms with van der Waals surface area (Å²) in [5.74, 6) is 0. The lowest BCUT2D eigenvalue weighted by Crippen LogP contribution is -2.29. The second-order valence-corrected chi connectivity index (χ2v) is 5.71. The van der Waals surface area contributed by atoms with Crippen molar-refractivity contribution in [1.82, 2.24) is 13.8 Å². The van der Waals surface area contributed by atoms with Crippen LogP contribution < -0.4 is 15.8 Å². The van der Waals surface area contributed by atoms with Crippen LogP contribution in [0.3, 0.4) is 0 Å². The third kappa shape index (κ3) is 3.08. The molecule has 2 rings (SSSR count). The molecule has 112 valence electrons. The fourth-order valence-corrected chi connectivity index (χ4v) is 2.96. The summed E-state index contributed by atoms with van der Waals surface area (Å²) in [6, 6.07) is 4.71. The van der Waals surface area contributed by atoms with Crippen molar-refractivity contribution in [1.29, 1.82) is 0 Å². The third-order valence-electron chi connectivity index (χ3n) is 2.89. The number of halogens is 1. The number of aryl methyl sites for hydroxylation is 2. The van der Waals surface area contributed by atoms with Gasteiger partial charge in [-0.05, 0) is 49.1 Å². The summed E-state index contributed by atoms with van der Waals surface area (Å²) in [5, 5.41) is 3.01. The molecule has 0 aliphatic rings. The smallest absolute Gasteiger partial charge is 0.339 e. The molecule has 2 aromatic rings. The summed E-state index contributed by atoms with van der Waals surface area (Å²) in [4.78, 5) is 28.2. The summed E-state index contributed by atoms with van der Waals surface area (Å²) >= 11 is 7.09. The zero-order valence-corrected chi connectivity index (χ0v) is 13.5. The van der Waals surface area contributed by atoms with Gasteiger partial charge in [0.2, 0.25) is 4.80 Å². The van der Waals surface area contributed by atoms with Gasteiger partial charge >= 0.3 is 11.7 Å². The number of nitrogens with one attached hydrogen (secondary N) is 1. The molecule has 8 heteroatoms. The number of urea groups is 1. The second-order valence-electron chi connectivity index (χ2n) is 4.28. The lowest BCUT2D eigenvalue weighted by molar-refractivity contribution is 0.250. The van der Waals surface area contributed by atoms with E-state index in [9.17, 15) is 9.59 Å². The Balaban J connectivity index is 2.78. The van der Waals surface area contributed by atoms with E-state index in [1.165, 1.54) is 15.6 Å². The van der Waals surface area contributed by atoms with Crippen LogP contribution in [-0.4, -0.2) is 21.6 Å². The minimum Gasteiger partial charge on any atom is -0.339 e. The Kier molecular flexibility index (Phi) is 4.64. The highest BCUT2D eigenvalue weighted by Gasteiger charge is 2.13. The van der Waals surface area contributed by atoms with Crippen LogP contribution >= 0.6 is 23.1 Å². The van der Waals surface area contributed by atoms with Crippen molar-refractivity contribution in [3.05, 3.63) is 44.1 Å². The standard InChI is InChI=1S/C13H15ClN4O2S/c1-4-17-13(20)18(12(21-17)16-11(19)15-3)10-6-5-9(14)7-8(10)2/h5-7H,4H2,1-3H3,(H,15,19)/b16-12-. The molecule has 1 aromatic carbocycles. The molecule has 0 fully saturated rings. The Bertz CT molecular complexity index is 803. The fourth-order valence-electron chi connectivity index (χ4n) is 1.86. The van der Waals surface area contributed by atoms with E-state index >= 15 is 0 Å². The van der Waals surface area contributed by atoms with Gasteiger partial charge < -0.3 is 5.32 Å². The number of carbonyl (C=O) groups excluding carboxylic acids is 1. The van der Waals surface area contributed by atoms with Gasteiger partial charge in [0.05, 0.1) is 5.69 Å². The Labute approximate surface area is 130 Å². The van der Waals surface area contributed by atoms with Crippen molar-refractivity contribution >= 4 is 29.2 Å². The van der Waals surface area contributed by atoms with Gasteiger partial charge in [0.1, 0.15) is 0 Å². The first-order chi connectivity index (χ1) is 9.97. The van der Waals surface area contributed by atoms with E-state index in [4.69, 9.17) is 11.6 Å². The number of benzene rings is 1. The third-order valence-corrected chi connectivity index (χ3v) is 4.19. The van der Waals surface area contributed by atoms with Crippen LogP contribution in [0.2, 0.25) is 5.02 Å². The summed E-state index contributed by atoms with van der Waals surface area (Å²) in [5.41, 5.74) is 1.27. The summed E-state index contributed by atoms with van der Waals surface area (Å²) in [6.45, 7) is 4.23. The van der Waals surface area contributed by atoms with Crippen molar-refractivity contribution in [2.45, 2.75) is 20.4 Å². The molecule has 0 radical (unpaired) electrons. The van der Waals surface area contributed by atoms with E-state index in [0.717, 1.165) is 17.1 Å². The highest BCUT2D eigenvalue weighted by molar-refractivity contribution is 7.03. The van der Waals surface area contributed by atoms with Crippen LogP contribution in [0, 0.1) is 6.92 Å². The first kappa shape index (κ1) is 15.5. The van der Waals surface area contributed by atoms with E-state index in [0.29, 0.717) is 22.1 Å². The van der Waals surface area contributed by atoms with Crippen molar-refractivity contribution in [3.63, 3.8) is 0 Å². The minimum atomic E-state index is -0.500. The fraction of sp³-hybridized carbons (Fsp3) is 0.308. The molecule has 0 aliphatic heterocycles. The van der Waals surface area contributed by atoms with E-state index < -0.39 is 6.03 Å². The molecule has 21 heavy (non-hydrogen) atoms. The van der Waals surface area contributed by atoms with E-state index in [-0.39, 0.29) is 5.69 Å². The van der Waals surface area contributed by atoms with E-state index in [2.05, 4.69) is 10.3 Å². The Hall–Kier alpha value is -1.86. The van der Waals surface area contributed by atoms with Gasteiger partial charge in [-0.3, -0.25) is 0 Å². The van der Waals surface area contributed by atoms with Crippen LogP contribution in [0.1, 0.15) is 12.5 Å². The lowest BCUT2D eigenvalue weighted by atomic mass is 10.2. The number of hydrogen-bond acceptors (Lipinski definition) is 3. The molecule has 1 N–H and O–H groups in total. The normalized spacial score (nSPS) is 11.7. The van der Waals surface area contributed by atoms with Crippen LogP contribution in [0.15, 0.2) is 28.0 Å². The molecule has 0 saturated heterocycles. The molecule has 0 spiro atoms. The number of carbonyl (C=O) groups is 1. The number of rotatable bonds is 2. The monoisotopic (exact) mass is 326 g/mol.